The zero-order valence-corrected chi connectivity index (χ0v) is 38.2. The third-order valence-corrected chi connectivity index (χ3v) is 13.5. The van der Waals surface area contributed by atoms with Crippen LogP contribution >= 0.6 is 0 Å². The van der Waals surface area contributed by atoms with Gasteiger partial charge in [0.15, 0.2) is 0 Å². The fourth-order valence-corrected chi connectivity index (χ4v) is 10.4. The van der Waals surface area contributed by atoms with Gasteiger partial charge in [-0.15, -0.1) is 0 Å². The summed E-state index contributed by atoms with van der Waals surface area (Å²) in [4.78, 5) is 5.12. The zero-order valence-electron chi connectivity index (χ0n) is 38.2. The molecule has 2 heterocycles. The van der Waals surface area contributed by atoms with E-state index in [1.807, 2.05) is 0 Å². The van der Waals surface area contributed by atoms with Crippen molar-refractivity contribution in [2.75, 3.05) is 9.80 Å². The maximum Gasteiger partial charge on any atom is 0.252 e. The van der Waals surface area contributed by atoms with Crippen LogP contribution in [0, 0.1) is 0 Å². The largest absolute Gasteiger partial charge is 0.311 e. The van der Waals surface area contributed by atoms with Gasteiger partial charge in [0.05, 0.1) is 0 Å². The Bertz CT molecular complexity index is 3000. The quantitative estimate of drug-likeness (QED) is 0.154. The van der Waals surface area contributed by atoms with Crippen LogP contribution in [0.25, 0.3) is 44.5 Å². The molecule has 0 bridgehead atoms. The van der Waals surface area contributed by atoms with Crippen molar-refractivity contribution in [1.29, 1.82) is 0 Å². The second kappa shape index (κ2) is 15.7. The monoisotopic (exact) mass is 836 g/mol. The lowest BCUT2D eigenvalue weighted by Gasteiger charge is -2.45. The Kier molecular flexibility index (Phi) is 9.77. The first-order valence-electron chi connectivity index (χ1n) is 23.0. The van der Waals surface area contributed by atoms with E-state index in [9.17, 15) is 0 Å². The molecular weight excluding hydrogens is 784 g/mol. The smallest absolute Gasteiger partial charge is 0.252 e. The summed E-state index contributed by atoms with van der Waals surface area (Å²) in [6.07, 6.45) is 0. The summed E-state index contributed by atoms with van der Waals surface area (Å²) in [7, 11) is 0. The van der Waals surface area contributed by atoms with Crippen molar-refractivity contribution in [3.63, 3.8) is 0 Å². The lowest BCUT2D eigenvalue weighted by atomic mass is 9.33. The normalized spacial score (nSPS) is 13.0. The molecule has 9 aromatic rings. The first kappa shape index (κ1) is 40.4. The highest BCUT2D eigenvalue weighted by Crippen LogP contribution is 2.48. The van der Waals surface area contributed by atoms with E-state index in [4.69, 9.17) is 0 Å². The van der Waals surface area contributed by atoms with Crippen LogP contribution in [0.4, 0.5) is 34.1 Å². The molecule has 2 aliphatic heterocycles. The van der Waals surface area contributed by atoms with E-state index in [2.05, 4.69) is 264 Å². The van der Waals surface area contributed by atoms with Crippen molar-refractivity contribution in [3.05, 3.63) is 223 Å². The van der Waals surface area contributed by atoms with Gasteiger partial charge in [0.25, 0.3) is 6.71 Å². The van der Waals surface area contributed by atoms with E-state index >= 15 is 0 Å². The number of anilines is 6. The fraction of sp³-hybridized carbons (Fsp3) is 0.129. The van der Waals surface area contributed by atoms with E-state index in [0.29, 0.717) is 0 Å². The Morgan fingerprint density at radius 1 is 0.308 bits per heavy atom. The summed E-state index contributed by atoms with van der Waals surface area (Å²) >= 11 is 0. The summed E-state index contributed by atoms with van der Waals surface area (Å²) in [5, 5.41) is 0. The van der Waals surface area contributed by atoms with Crippen molar-refractivity contribution in [2.24, 2.45) is 0 Å². The number of benzene rings is 9. The second-order valence-electron chi connectivity index (χ2n) is 19.8. The SMILES string of the molecule is CC(C)(C)c1cc2c(cc1-c1ccccc1)B1c3cc(-c4ccccc4)c(C(C)(C)C)cc3N(c3cccc(-c4ccccc4)c3)c3cccc(c31)N2c1cccc(-c2ccccc2)c1. The van der Waals surface area contributed by atoms with Gasteiger partial charge in [-0.25, -0.2) is 0 Å². The Morgan fingerprint density at radius 3 is 1.02 bits per heavy atom. The van der Waals surface area contributed by atoms with Crippen LogP contribution in [0.3, 0.4) is 0 Å². The highest BCUT2D eigenvalue weighted by molar-refractivity contribution is 7.00. The Hall–Kier alpha value is -7.36. The zero-order chi connectivity index (χ0) is 44.5. The summed E-state index contributed by atoms with van der Waals surface area (Å²) in [6, 6.07) is 79.0. The molecule has 0 fully saturated rings. The predicted molar refractivity (Wildman–Crippen MR) is 280 cm³/mol. The minimum atomic E-state index is -0.132. The Labute approximate surface area is 385 Å². The van der Waals surface area contributed by atoms with Crippen molar-refractivity contribution in [3.8, 4) is 44.5 Å². The molecule has 0 aliphatic carbocycles. The Morgan fingerprint density at radius 2 is 0.646 bits per heavy atom. The first-order chi connectivity index (χ1) is 31.5. The van der Waals surface area contributed by atoms with E-state index in [1.54, 1.807) is 0 Å². The van der Waals surface area contributed by atoms with Crippen LogP contribution in [0.5, 0.6) is 0 Å². The lowest BCUT2D eigenvalue weighted by molar-refractivity contribution is 0.592. The third kappa shape index (κ3) is 7.07. The van der Waals surface area contributed by atoms with Crippen LogP contribution in [0.2, 0.25) is 0 Å². The van der Waals surface area contributed by atoms with Gasteiger partial charge in [-0.2, -0.15) is 0 Å². The van der Waals surface area contributed by atoms with Crippen LogP contribution in [-0.2, 0) is 10.8 Å². The number of rotatable bonds is 6. The number of fused-ring (bicyclic) bond motifs is 4. The van der Waals surface area contributed by atoms with E-state index in [1.165, 1.54) is 94.8 Å². The molecular formula is C62H53BN2. The number of nitrogens with zero attached hydrogens (tertiary/aromatic N) is 2. The Balaban J connectivity index is 1.26. The maximum atomic E-state index is 2.56. The summed E-state index contributed by atoms with van der Waals surface area (Å²) in [5.74, 6) is 0. The van der Waals surface area contributed by atoms with Crippen LogP contribution < -0.4 is 26.2 Å². The molecule has 0 unspecified atom stereocenters. The molecule has 2 aliphatic rings. The van der Waals surface area contributed by atoms with Crippen molar-refractivity contribution < 1.29 is 0 Å². The molecule has 0 amide bonds. The van der Waals surface area contributed by atoms with E-state index < -0.39 is 0 Å². The summed E-state index contributed by atoms with van der Waals surface area (Å²) in [5.41, 5.74) is 23.3. The molecule has 2 nitrogen and oxygen atoms in total. The topological polar surface area (TPSA) is 6.48 Å². The van der Waals surface area contributed by atoms with Gasteiger partial charge in [0.2, 0.25) is 0 Å². The van der Waals surface area contributed by atoms with Crippen molar-refractivity contribution in [1.82, 2.24) is 0 Å². The minimum Gasteiger partial charge on any atom is -0.311 e. The van der Waals surface area contributed by atoms with Crippen LogP contribution in [0.15, 0.2) is 212 Å². The van der Waals surface area contributed by atoms with Crippen LogP contribution in [-0.4, -0.2) is 6.71 Å². The summed E-state index contributed by atoms with van der Waals surface area (Å²) < 4.78 is 0. The average Bonchev–Trinajstić information content (AvgIpc) is 3.33. The van der Waals surface area contributed by atoms with Gasteiger partial charge < -0.3 is 9.80 Å². The highest BCUT2D eigenvalue weighted by Gasteiger charge is 2.45. The molecule has 65 heavy (non-hydrogen) atoms. The van der Waals surface area contributed by atoms with Crippen molar-refractivity contribution >= 4 is 57.2 Å². The number of hydrogen-bond acceptors (Lipinski definition) is 2. The second-order valence-corrected chi connectivity index (χ2v) is 19.8. The molecule has 11 rings (SSSR count). The standard InChI is InChI=1S/C62H53BN2/c1-61(2,3)52-40-58-54(38-50(52)44-26-15-9-16-27-44)63-55-39-51(45-28-17-10-18-29-45)53(62(4,5)6)41-59(55)65(49-33-20-31-47(37-49)43-24-13-8-14-25-43)57-35-21-34-56(60(57)63)64(58)48-32-19-30-46(36-48)42-22-11-7-12-23-42/h7-41H,1-6H3. The number of hydrogen-bond donors (Lipinski definition) is 0. The third-order valence-electron chi connectivity index (χ3n) is 13.5. The molecule has 0 saturated carbocycles. The van der Waals surface area contributed by atoms with Gasteiger partial charge in [0.1, 0.15) is 0 Å². The predicted octanol–water partition coefficient (Wildman–Crippen LogP) is 15.0. The molecule has 0 N–H and O–H groups in total. The minimum absolute atomic E-state index is 0.0544. The average molecular weight is 837 g/mol. The first-order valence-corrected chi connectivity index (χ1v) is 23.0. The van der Waals surface area contributed by atoms with Crippen molar-refractivity contribution in [2.45, 2.75) is 52.4 Å². The van der Waals surface area contributed by atoms with Gasteiger partial charge in [0, 0.05) is 34.1 Å². The molecule has 3 heteroatoms. The van der Waals surface area contributed by atoms with Gasteiger partial charge in [-0.05, 0) is 131 Å². The molecule has 9 aromatic carbocycles. The summed E-state index contributed by atoms with van der Waals surface area (Å²) in [6.45, 7) is 14.1. The fourth-order valence-electron chi connectivity index (χ4n) is 10.4. The molecule has 0 saturated heterocycles. The highest BCUT2D eigenvalue weighted by atomic mass is 15.2. The van der Waals surface area contributed by atoms with Gasteiger partial charge in [-0.3, -0.25) is 0 Å². The molecule has 0 atom stereocenters. The van der Waals surface area contributed by atoms with E-state index in [0.717, 1.165) is 11.4 Å². The lowest BCUT2D eigenvalue weighted by Crippen LogP contribution is -2.61. The molecule has 314 valence electrons. The molecule has 0 radical (unpaired) electrons. The van der Waals surface area contributed by atoms with E-state index in [-0.39, 0.29) is 17.5 Å². The van der Waals surface area contributed by atoms with Gasteiger partial charge in [-0.1, -0.05) is 205 Å². The van der Waals surface area contributed by atoms with Crippen LogP contribution in [0.1, 0.15) is 52.7 Å². The van der Waals surface area contributed by atoms with Gasteiger partial charge >= 0.3 is 0 Å². The maximum absolute atomic E-state index is 2.56. The molecule has 0 aromatic heterocycles. The molecule has 0 spiro atoms.